The minimum Gasteiger partial charge on any atom is -0.345 e. The Morgan fingerprint density at radius 2 is 1.66 bits per heavy atom. The molecule has 4 nitrogen and oxygen atoms in total. The summed E-state index contributed by atoms with van der Waals surface area (Å²) in [4.78, 5) is 23.3. The molecule has 0 atom stereocenters. The van der Waals surface area contributed by atoms with Gasteiger partial charge >= 0.3 is 0 Å². The third kappa shape index (κ3) is 4.28. The van der Waals surface area contributed by atoms with E-state index in [1.165, 1.54) is 20.7 Å². The number of nitrogens with zero attached hydrogens (tertiary/aromatic N) is 3. The van der Waals surface area contributed by atoms with E-state index >= 15 is 0 Å². The van der Waals surface area contributed by atoms with Crippen LogP contribution in [-0.4, -0.2) is 47.2 Å². The van der Waals surface area contributed by atoms with E-state index in [4.69, 9.17) is 4.98 Å². The highest BCUT2D eigenvalue weighted by Gasteiger charge is 2.24. The van der Waals surface area contributed by atoms with Gasteiger partial charge in [-0.25, -0.2) is 4.98 Å². The first-order valence-electron chi connectivity index (χ1n) is 10.1. The lowest BCUT2D eigenvalue weighted by Crippen LogP contribution is -2.48. The number of aromatic nitrogens is 1. The molecule has 29 heavy (non-hydrogen) atoms. The fraction of sp³-hybridized carbons (Fsp3) is 0.391. The number of benzene rings is 2. The van der Waals surface area contributed by atoms with E-state index in [1.54, 1.807) is 11.3 Å². The second kappa shape index (κ2) is 8.36. The molecule has 4 rings (SSSR count). The van der Waals surface area contributed by atoms with Gasteiger partial charge < -0.3 is 9.80 Å². The first-order chi connectivity index (χ1) is 13.9. The summed E-state index contributed by atoms with van der Waals surface area (Å²) in [6.07, 6.45) is 0. The molecular formula is C23H27N3OS2. The molecular weight excluding hydrogens is 398 g/mol. The van der Waals surface area contributed by atoms with Crippen molar-refractivity contribution in [2.24, 2.45) is 0 Å². The highest BCUT2D eigenvalue weighted by Crippen LogP contribution is 2.33. The summed E-state index contributed by atoms with van der Waals surface area (Å²) in [7, 11) is 0. The van der Waals surface area contributed by atoms with Gasteiger partial charge in [0, 0.05) is 41.9 Å². The van der Waals surface area contributed by atoms with E-state index < -0.39 is 0 Å². The molecule has 0 unspecified atom stereocenters. The summed E-state index contributed by atoms with van der Waals surface area (Å²) in [5.74, 6) is 0.127. The molecule has 6 heteroatoms. The monoisotopic (exact) mass is 425 g/mol. The van der Waals surface area contributed by atoms with Crippen LogP contribution in [0.15, 0.2) is 41.3 Å². The van der Waals surface area contributed by atoms with Crippen molar-refractivity contribution < 1.29 is 4.79 Å². The third-order valence-electron chi connectivity index (χ3n) is 5.24. The molecule has 1 aliphatic rings. The quantitative estimate of drug-likeness (QED) is 0.526. The molecule has 2 aromatic carbocycles. The summed E-state index contributed by atoms with van der Waals surface area (Å²) in [6, 6.07) is 12.3. The number of piperazine rings is 1. The number of hydrogen-bond acceptors (Lipinski definition) is 5. The molecule has 1 aliphatic heterocycles. The number of thiazole rings is 1. The Morgan fingerprint density at radius 1 is 1.00 bits per heavy atom. The largest absolute Gasteiger partial charge is 0.345 e. The van der Waals surface area contributed by atoms with Gasteiger partial charge in [-0.3, -0.25) is 4.79 Å². The average Bonchev–Trinajstić information content (AvgIpc) is 3.17. The smallest absolute Gasteiger partial charge is 0.253 e. The van der Waals surface area contributed by atoms with Crippen molar-refractivity contribution in [2.45, 2.75) is 37.8 Å². The Bertz CT molecular complexity index is 980. The minimum absolute atomic E-state index is 0.127. The van der Waals surface area contributed by atoms with E-state index in [1.807, 2.05) is 28.8 Å². The number of thioether (sulfide) groups is 1. The van der Waals surface area contributed by atoms with Gasteiger partial charge in [-0.2, -0.15) is 0 Å². The van der Waals surface area contributed by atoms with Crippen molar-refractivity contribution in [3.63, 3.8) is 0 Å². The van der Waals surface area contributed by atoms with Crippen molar-refractivity contribution in [3.8, 4) is 0 Å². The molecule has 1 saturated heterocycles. The zero-order chi connectivity index (χ0) is 20.5. The predicted molar refractivity (Wildman–Crippen MR) is 125 cm³/mol. The summed E-state index contributed by atoms with van der Waals surface area (Å²) in [6.45, 7) is 11.7. The molecule has 1 fully saturated rings. The SMILES string of the molecule is Cc1ccc(C)c2sc(N3CCN(C(=O)c4ccc(SC(C)C)cc4)CC3)nc12. The summed E-state index contributed by atoms with van der Waals surface area (Å²) < 4.78 is 1.28. The highest BCUT2D eigenvalue weighted by atomic mass is 32.2. The zero-order valence-electron chi connectivity index (χ0n) is 17.4. The topological polar surface area (TPSA) is 36.4 Å². The lowest BCUT2D eigenvalue weighted by molar-refractivity contribution is 0.0746. The van der Waals surface area contributed by atoms with Gasteiger partial charge in [-0.1, -0.05) is 37.3 Å². The summed E-state index contributed by atoms with van der Waals surface area (Å²) >= 11 is 3.58. The van der Waals surface area contributed by atoms with Gasteiger partial charge in [0.15, 0.2) is 5.13 Å². The third-order valence-corrected chi connectivity index (χ3v) is 7.51. The number of carbonyl (C=O) groups is 1. The molecule has 0 aliphatic carbocycles. The Balaban J connectivity index is 1.42. The van der Waals surface area contributed by atoms with Crippen molar-refractivity contribution >= 4 is 44.4 Å². The van der Waals surface area contributed by atoms with Gasteiger partial charge in [-0.15, -0.1) is 11.8 Å². The first kappa shape index (κ1) is 20.2. The molecule has 0 bridgehead atoms. The van der Waals surface area contributed by atoms with Crippen molar-refractivity contribution in [3.05, 3.63) is 53.1 Å². The Kier molecular flexibility index (Phi) is 5.83. The van der Waals surface area contributed by atoms with Crippen LogP contribution < -0.4 is 4.90 Å². The highest BCUT2D eigenvalue weighted by molar-refractivity contribution is 7.99. The van der Waals surface area contributed by atoms with Crippen LogP contribution in [0.25, 0.3) is 10.2 Å². The molecule has 1 aromatic heterocycles. The molecule has 2 heterocycles. The van der Waals surface area contributed by atoms with E-state index in [-0.39, 0.29) is 5.91 Å². The maximum Gasteiger partial charge on any atom is 0.253 e. The van der Waals surface area contributed by atoms with Crippen LogP contribution in [-0.2, 0) is 0 Å². The van der Waals surface area contributed by atoms with Gasteiger partial charge in [0.25, 0.3) is 5.91 Å². The second-order valence-corrected chi connectivity index (χ2v) is 10.5. The summed E-state index contributed by atoms with van der Waals surface area (Å²) in [5, 5.41) is 1.61. The van der Waals surface area contributed by atoms with Crippen molar-refractivity contribution in [1.29, 1.82) is 0 Å². The number of anilines is 1. The minimum atomic E-state index is 0.127. The number of aryl methyl sites for hydroxylation is 2. The van der Waals surface area contributed by atoms with E-state index in [9.17, 15) is 4.79 Å². The molecule has 0 radical (unpaired) electrons. The summed E-state index contributed by atoms with van der Waals surface area (Å²) in [5.41, 5.74) is 4.39. The number of carbonyl (C=O) groups excluding carboxylic acids is 1. The van der Waals surface area contributed by atoms with Crippen LogP contribution in [0.5, 0.6) is 0 Å². The van der Waals surface area contributed by atoms with Gasteiger partial charge in [0.05, 0.1) is 10.2 Å². The normalized spacial score (nSPS) is 14.8. The van der Waals surface area contributed by atoms with Crippen LogP contribution in [0.1, 0.15) is 35.3 Å². The Hall–Kier alpha value is -2.05. The van der Waals surface area contributed by atoms with E-state index in [0.717, 1.165) is 42.4 Å². The fourth-order valence-electron chi connectivity index (χ4n) is 3.61. The maximum absolute atomic E-state index is 12.9. The maximum atomic E-state index is 12.9. The molecule has 0 saturated carbocycles. The second-order valence-electron chi connectivity index (χ2n) is 7.84. The van der Waals surface area contributed by atoms with Crippen molar-refractivity contribution in [2.75, 3.05) is 31.1 Å². The lowest BCUT2D eigenvalue weighted by Gasteiger charge is -2.34. The number of fused-ring (bicyclic) bond motifs is 1. The number of amides is 1. The van der Waals surface area contributed by atoms with E-state index in [2.05, 4.69) is 56.9 Å². The zero-order valence-corrected chi connectivity index (χ0v) is 19.1. The fourth-order valence-corrected chi connectivity index (χ4v) is 5.62. The predicted octanol–water partition coefficient (Wildman–Crippen LogP) is 5.38. The lowest BCUT2D eigenvalue weighted by atomic mass is 10.1. The van der Waals surface area contributed by atoms with Crippen LogP contribution in [0.3, 0.4) is 0 Å². The molecule has 3 aromatic rings. The number of hydrogen-bond donors (Lipinski definition) is 0. The standard InChI is InChI=1S/C23H27N3OS2/c1-15(2)28-19-9-7-18(8-10-19)22(27)25-11-13-26(14-12-25)23-24-20-16(3)5-6-17(4)21(20)29-23/h5-10,15H,11-14H2,1-4H3. The van der Waals surface area contributed by atoms with Crippen LogP contribution in [0, 0.1) is 13.8 Å². The Labute approximate surface area is 180 Å². The first-order valence-corrected chi connectivity index (χ1v) is 11.8. The van der Waals surface area contributed by atoms with Gasteiger partial charge in [0.1, 0.15) is 0 Å². The van der Waals surface area contributed by atoms with Crippen LogP contribution in [0.4, 0.5) is 5.13 Å². The number of rotatable bonds is 4. The van der Waals surface area contributed by atoms with Gasteiger partial charge in [0.2, 0.25) is 0 Å². The van der Waals surface area contributed by atoms with E-state index in [0.29, 0.717) is 5.25 Å². The van der Waals surface area contributed by atoms with Gasteiger partial charge in [-0.05, 0) is 49.2 Å². The van der Waals surface area contributed by atoms with Crippen molar-refractivity contribution in [1.82, 2.24) is 9.88 Å². The van der Waals surface area contributed by atoms with Crippen LogP contribution in [0.2, 0.25) is 0 Å². The molecule has 0 N–H and O–H groups in total. The molecule has 1 amide bonds. The molecule has 152 valence electrons. The Morgan fingerprint density at radius 3 is 2.28 bits per heavy atom. The van der Waals surface area contributed by atoms with Crippen LogP contribution >= 0.6 is 23.1 Å². The average molecular weight is 426 g/mol. The molecule has 0 spiro atoms.